The molecule has 5 heteroatoms. The molecule has 0 fully saturated rings. The van der Waals surface area contributed by atoms with Gasteiger partial charge in [0.05, 0.1) is 0 Å². The van der Waals surface area contributed by atoms with Crippen LogP contribution in [0.4, 0.5) is 0 Å². The van der Waals surface area contributed by atoms with Crippen LogP contribution in [0.2, 0.25) is 0 Å². The van der Waals surface area contributed by atoms with E-state index < -0.39 is 11.4 Å². The normalized spacial score (nSPS) is 7.80. The standard InChI is InChI=1S/C5H11.3ClH.Cr.H2N/c1-3-5-4-2;;;;;/h1,3-5H2,2H3;3*1H;;1H2/q-1;;;;+3;-1/p-3. The molecule has 1 nitrogen and oxygen atoms in total. The van der Waals surface area contributed by atoms with Crippen molar-refractivity contribution >= 4 is 30.1 Å². The van der Waals surface area contributed by atoms with E-state index in [1.807, 2.05) is 0 Å². The van der Waals surface area contributed by atoms with Crippen molar-refractivity contribution in [1.82, 2.24) is 0 Å². The fourth-order valence-corrected chi connectivity index (χ4v) is 0.250. The molecule has 0 aliphatic rings. The fraction of sp³-hybridized carbons (Fsp3) is 0.800. The number of nitrogens with two attached hydrogens (primary N) is 1. The van der Waals surface area contributed by atoms with Crippen LogP contribution in [0, 0.1) is 6.92 Å². The molecule has 10 heavy (non-hydrogen) atoms. The van der Waals surface area contributed by atoms with Gasteiger partial charge >= 0.3 is 41.5 Å². The molecule has 0 amide bonds. The molecule has 0 saturated carbocycles. The van der Waals surface area contributed by atoms with Gasteiger partial charge in [-0.2, -0.15) is 6.42 Å². The third-order valence-electron chi connectivity index (χ3n) is 0.604. The molecule has 0 saturated heterocycles. The molecule has 0 heterocycles. The number of rotatable bonds is 2. The molecule has 0 unspecified atom stereocenters. The van der Waals surface area contributed by atoms with E-state index in [0.717, 1.165) is 6.42 Å². The Bertz CT molecular complexity index is 41.1. The van der Waals surface area contributed by atoms with Crippen molar-refractivity contribution in [1.29, 1.82) is 0 Å². The second-order valence-corrected chi connectivity index (χ2v) is 7.70. The van der Waals surface area contributed by atoms with Gasteiger partial charge in [-0.25, -0.2) is 0 Å². The van der Waals surface area contributed by atoms with Gasteiger partial charge in [-0.15, -0.1) is 0 Å². The molecule has 0 aliphatic carbocycles. The molecule has 0 aromatic carbocycles. The molecule has 0 spiro atoms. The molecule has 0 aromatic heterocycles. The number of halogens is 3. The van der Waals surface area contributed by atoms with Crippen LogP contribution in [0.25, 0.3) is 6.15 Å². The maximum absolute atomic E-state index is 4.93. The summed E-state index contributed by atoms with van der Waals surface area (Å²) in [5.74, 6) is 0. The summed E-state index contributed by atoms with van der Waals surface area (Å²) in [4.78, 5) is 0. The Morgan fingerprint density at radius 2 is 1.60 bits per heavy atom. The molecular formula is C5H13Cl3CrN-2. The number of hydrogen-bond donors (Lipinski definition) is 0. The topological polar surface area (TPSA) is 33.5 Å². The van der Waals surface area contributed by atoms with E-state index in [9.17, 15) is 0 Å². The average molecular weight is 246 g/mol. The minimum atomic E-state index is -1.62. The summed E-state index contributed by atoms with van der Waals surface area (Å²) in [6, 6.07) is 0. The van der Waals surface area contributed by atoms with Crippen molar-refractivity contribution in [2.75, 3.05) is 0 Å². The van der Waals surface area contributed by atoms with Gasteiger partial charge in [-0.05, 0) is 0 Å². The zero-order valence-electron chi connectivity index (χ0n) is 5.95. The van der Waals surface area contributed by atoms with E-state index in [1.54, 1.807) is 0 Å². The molecule has 0 aromatic rings. The van der Waals surface area contributed by atoms with Crippen molar-refractivity contribution in [3.8, 4) is 0 Å². The molecular weight excluding hydrogens is 232 g/mol. The van der Waals surface area contributed by atoms with Crippen molar-refractivity contribution in [3.63, 3.8) is 0 Å². The monoisotopic (exact) mass is 244 g/mol. The number of unbranched alkanes of at least 4 members (excludes halogenated alkanes) is 2. The van der Waals surface area contributed by atoms with E-state index in [1.165, 1.54) is 12.8 Å². The Labute approximate surface area is 80.6 Å². The van der Waals surface area contributed by atoms with Crippen LogP contribution in [0.3, 0.4) is 0 Å². The van der Waals surface area contributed by atoms with Gasteiger partial charge in [0, 0.05) is 0 Å². The Hall–Kier alpha value is 1.36. The van der Waals surface area contributed by atoms with Gasteiger partial charge in [0.2, 0.25) is 0 Å². The first-order valence-corrected chi connectivity index (χ1v) is 7.93. The molecule has 0 atom stereocenters. The molecule has 0 radical (unpaired) electrons. The zero-order valence-corrected chi connectivity index (χ0v) is 9.49. The van der Waals surface area contributed by atoms with Crippen molar-refractivity contribution < 1.29 is 11.4 Å². The van der Waals surface area contributed by atoms with Crippen LogP contribution in [0.1, 0.15) is 26.2 Å². The van der Waals surface area contributed by atoms with Gasteiger partial charge in [-0.1, -0.05) is 19.8 Å². The summed E-state index contributed by atoms with van der Waals surface area (Å²) in [6.07, 6.45) is 3.65. The van der Waals surface area contributed by atoms with Gasteiger partial charge in [-0.3, -0.25) is 0 Å². The Kier molecular flexibility index (Phi) is 29.2. The summed E-state index contributed by atoms with van der Waals surface area (Å²) in [5.41, 5.74) is 0. The summed E-state index contributed by atoms with van der Waals surface area (Å²) in [7, 11) is 14.8. The molecule has 0 bridgehead atoms. The third-order valence-corrected chi connectivity index (χ3v) is 0.604. The zero-order chi connectivity index (χ0) is 7.70. The van der Waals surface area contributed by atoms with E-state index in [2.05, 4.69) is 13.8 Å². The van der Waals surface area contributed by atoms with Crippen LogP contribution in [0.15, 0.2) is 0 Å². The first kappa shape index (κ1) is 17.4. The Morgan fingerprint density at radius 3 is 1.60 bits per heavy atom. The quantitative estimate of drug-likeness (QED) is 0.627. The fourth-order valence-electron chi connectivity index (χ4n) is 0.250. The van der Waals surface area contributed by atoms with Gasteiger partial charge in [0.1, 0.15) is 0 Å². The van der Waals surface area contributed by atoms with Crippen molar-refractivity contribution in [2.24, 2.45) is 0 Å². The summed E-state index contributed by atoms with van der Waals surface area (Å²) < 4.78 is 0. The number of hydrogen-bond acceptors (Lipinski definition) is 0. The van der Waals surface area contributed by atoms with Crippen LogP contribution in [0.5, 0.6) is 0 Å². The predicted octanol–water partition coefficient (Wildman–Crippen LogP) is 4.79. The Balaban J connectivity index is -0.0000000910. The Morgan fingerprint density at radius 1 is 1.30 bits per heavy atom. The minimum absolute atomic E-state index is 0. The maximum atomic E-state index is 4.93. The summed E-state index contributed by atoms with van der Waals surface area (Å²) in [6.45, 7) is 5.85. The second-order valence-electron chi connectivity index (χ2n) is 1.38. The van der Waals surface area contributed by atoms with Crippen molar-refractivity contribution in [3.05, 3.63) is 13.1 Å². The van der Waals surface area contributed by atoms with Crippen molar-refractivity contribution in [2.45, 2.75) is 26.2 Å². The van der Waals surface area contributed by atoms with Crippen LogP contribution in [-0.4, -0.2) is 0 Å². The van der Waals surface area contributed by atoms with E-state index in [-0.39, 0.29) is 6.15 Å². The SMILES string of the molecule is [CH2-]CCCC.[Cl][Cr]([Cl])[Cl].[NH2-]. The van der Waals surface area contributed by atoms with Gasteiger partial charge in [0.15, 0.2) is 0 Å². The van der Waals surface area contributed by atoms with Gasteiger partial charge in [0.25, 0.3) is 0 Å². The van der Waals surface area contributed by atoms with Crippen LogP contribution < -0.4 is 0 Å². The first-order chi connectivity index (χ1) is 4.15. The smallest absolute Gasteiger partial charge is 0.693 e. The summed E-state index contributed by atoms with van der Waals surface area (Å²) in [5, 5.41) is 0. The molecule has 67 valence electrons. The maximum Gasteiger partial charge on any atom is -0.693 e. The van der Waals surface area contributed by atoms with Crippen LogP contribution >= 0.6 is 30.1 Å². The third kappa shape index (κ3) is 57.9. The molecule has 0 rings (SSSR count). The summed E-state index contributed by atoms with van der Waals surface area (Å²) >= 11 is -1.62. The molecule has 0 aliphatic heterocycles. The van der Waals surface area contributed by atoms with Gasteiger partial charge < -0.3 is 13.1 Å². The average Bonchev–Trinajstić information content (AvgIpc) is 1.66. The second kappa shape index (κ2) is 16.8. The minimum Gasteiger partial charge on any atom is -0.693 e. The van der Waals surface area contributed by atoms with Crippen LogP contribution in [-0.2, 0) is 11.4 Å². The first-order valence-electron chi connectivity index (χ1n) is 2.67. The predicted molar refractivity (Wildman–Crippen MR) is 47.7 cm³/mol. The largest absolute Gasteiger partial charge is 0.693 e. The van der Waals surface area contributed by atoms with E-state index >= 15 is 0 Å². The van der Waals surface area contributed by atoms with E-state index in [0.29, 0.717) is 0 Å². The van der Waals surface area contributed by atoms with E-state index in [4.69, 9.17) is 30.1 Å². The molecule has 2 N–H and O–H groups in total.